The van der Waals surface area contributed by atoms with Crippen LogP contribution in [0.5, 0.6) is 0 Å². The Labute approximate surface area is 83.2 Å². The highest BCUT2D eigenvalue weighted by molar-refractivity contribution is 4.75. The molecule has 2 atom stereocenters. The second-order valence-electron chi connectivity index (χ2n) is 5.16. The van der Waals surface area contributed by atoms with E-state index in [1.165, 1.54) is 19.3 Å². The van der Waals surface area contributed by atoms with Crippen molar-refractivity contribution in [1.29, 1.82) is 0 Å². The van der Waals surface area contributed by atoms with Gasteiger partial charge >= 0.3 is 0 Å². The third kappa shape index (κ3) is 5.27. The molecule has 0 saturated heterocycles. The fourth-order valence-corrected chi connectivity index (χ4v) is 1.40. The first-order valence-corrected chi connectivity index (χ1v) is 5.38. The van der Waals surface area contributed by atoms with Crippen LogP contribution < -0.4 is 11.3 Å². The Hall–Kier alpha value is -0.0800. The number of hydrogen-bond acceptors (Lipinski definition) is 2. The van der Waals surface area contributed by atoms with Gasteiger partial charge in [0, 0.05) is 6.04 Å². The largest absolute Gasteiger partial charge is 0.271 e. The van der Waals surface area contributed by atoms with Crippen molar-refractivity contribution in [3.63, 3.8) is 0 Å². The van der Waals surface area contributed by atoms with E-state index in [2.05, 4.69) is 40.0 Å². The average Bonchev–Trinajstić information content (AvgIpc) is 2.01. The molecule has 0 aliphatic carbocycles. The van der Waals surface area contributed by atoms with Gasteiger partial charge in [-0.1, -0.05) is 41.0 Å². The van der Waals surface area contributed by atoms with Crippen LogP contribution in [0.1, 0.15) is 53.9 Å². The molecule has 0 heterocycles. The number of hydrazine groups is 1. The van der Waals surface area contributed by atoms with E-state index in [1.807, 2.05) is 0 Å². The molecule has 0 bridgehead atoms. The molecule has 0 aromatic carbocycles. The van der Waals surface area contributed by atoms with Crippen LogP contribution in [-0.2, 0) is 0 Å². The fourth-order valence-electron chi connectivity index (χ4n) is 1.40. The van der Waals surface area contributed by atoms with E-state index in [9.17, 15) is 0 Å². The number of nitrogens with two attached hydrogens (primary N) is 1. The maximum absolute atomic E-state index is 5.50. The quantitative estimate of drug-likeness (QED) is 0.512. The zero-order chi connectivity index (χ0) is 10.5. The summed E-state index contributed by atoms with van der Waals surface area (Å²) in [6.07, 6.45) is 3.55. The van der Waals surface area contributed by atoms with Crippen LogP contribution in [0.25, 0.3) is 0 Å². The Balaban J connectivity index is 3.93. The normalized spacial score (nSPS) is 17.1. The van der Waals surface area contributed by atoms with E-state index in [-0.39, 0.29) is 0 Å². The van der Waals surface area contributed by atoms with Crippen LogP contribution in [0.2, 0.25) is 0 Å². The SMILES string of the molecule is CCCC(CC(C)C(C)(C)C)NN. The van der Waals surface area contributed by atoms with Crippen molar-refractivity contribution >= 4 is 0 Å². The lowest BCUT2D eigenvalue weighted by Gasteiger charge is -2.30. The number of nitrogens with one attached hydrogen (secondary N) is 1. The van der Waals surface area contributed by atoms with Gasteiger partial charge in [-0.3, -0.25) is 11.3 Å². The lowest BCUT2D eigenvalue weighted by molar-refractivity contribution is 0.219. The fraction of sp³-hybridized carbons (Fsp3) is 1.00. The third-order valence-corrected chi connectivity index (χ3v) is 2.99. The maximum Gasteiger partial charge on any atom is 0.0213 e. The molecule has 0 aromatic rings. The Morgan fingerprint density at radius 3 is 2.15 bits per heavy atom. The summed E-state index contributed by atoms with van der Waals surface area (Å²) in [4.78, 5) is 0. The van der Waals surface area contributed by atoms with Crippen LogP contribution in [-0.4, -0.2) is 6.04 Å². The van der Waals surface area contributed by atoms with Gasteiger partial charge in [0.15, 0.2) is 0 Å². The molecule has 0 aliphatic heterocycles. The topological polar surface area (TPSA) is 38.0 Å². The van der Waals surface area contributed by atoms with Crippen molar-refractivity contribution in [2.75, 3.05) is 0 Å². The molecule has 0 aliphatic rings. The van der Waals surface area contributed by atoms with Crippen molar-refractivity contribution in [1.82, 2.24) is 5.43 Å². The summed E-state index contributed by atoms with van der Waals surface area (Å²) in [5.41, 5.74) is 3.30. The van der Waals surface area contributed by atoms with Gasteiger partial charge in [-0.2, -0.15) is 0 Å². The highest BCUT2D eigenvalue weighted by Gasteiger charge is 2.22. The van der Waals surface area contributed by atoms with Gasteiger partial charge in [0.2, 0.25) is 0 Å². The Kier molecular flexibility index (Phi) is 5.57. The molecule has 0 saturated carbocycles. The highest BCUT2D eigenvalue weighted by atomic mass is 15.2. The average molecular weight is 186 g/mol. The Morgan fingerprint density at radius 1 is 1.31 bits per heavy atom. The molecule has 2 unspecified atom stereocenters. The van der Waals surface area contributed by atoms with Gasteiger partial charge in [0.05, 0.1) is 0 Å². The third-order valence-electron chi connectivity index (χ3n) is 2.99. The van der Waals surface area contributed by atoms with Gasteiger partial charge in [0.1, 0.15) is 0 Å². The van der Waals surface area contributed by atoms with E-state index >= 15 is 0 Å². The molecule has 0 rings (SSSR count). The predicted molar refractivity (Wildman–Crippen MR) is 59.3 cm³/mol. The predicted octanol–water partition coefficient (Wildman–Crippen LogP) is 2.69. The van der Waals surface area contributed by atoms with Crippen molar-refractivity contribution in [3.8, 4) is 0 Å². The zero-order valence-corrected chi connectivity index (χ0v) is 9.85. The minimum absolute atomic E-state index is 0.392. The summed E-state index contributed by atoms with van der Waals surface area (Å²) in [6.45, 7) is 11.4. The Morgan fingerprint density at radius 2 is 1.85 bits per heavy atom. The van der Waals surface area contributed by atoms with E-state index in [4.69, 9.17) is 5.84 Å². The smallest absolute Gasteiger partial charge is 0.0213 e. The minimum atomic E-state index is 0.392. The second kappa shape index (κ2) is 5.61. The van der Waals surface area contributed by atoms with Crippen LogP contribution >= 0.6 is 0 Å². The van der Waals surface area contributed by atoms with Gasteiger partial charge in [-0.25, -0.2) is 0 Å². The molecule has 80 valence electrons. The molecule has 0 fully saturated rings. The van der Waals surface area contributed by atoms with E-state index in [0.717, 1.165) is 0 Å². The zero-order valence-electron chi connectivity index (χ0n) is 9.85. The molecular weight excluding hydrogens is 160 g/mol. The molecule has 13 heavy (non-hydrogen) atoms. The Bertz CT molecular complexity index is 127. The molecule has 2 nitrogen and oxygen atoms in total. The summed E-state index contributed by atoms with van der Waals surface area (Å²) >= 11 is 0. The first-order valence-electron chi connectivity index (χ1n) is 5.38. The lowest BCUT2D eigenvalue weighted by Crippen LogP contribution is -2.38. The van der Waals surface area contributed by atoms with Gasteiger partial charge < -0.3 is 0 Å². The van der Waals surface area contributed by atoms with E-state index < -0.39 is 0 Å². The molecular formula is C11H26N2. The van der Waals surface area contributed by atoms with Crippen molar-refractivity contribution < 1.29 is 0 Å². The standard InChI is InChI=1S/C11H26N2/c1-6-7-10(13-12)8-9(2)11(3,4)5/h9-10,13H,6-8,12H2,1-5H3. The second-order valence-corrected chi connectivity index (χ2v) is 5.16. The number of rotatable bonds is 5. The highest BCUT2D eigenvalue weighted by Crippen LogP contribution is 2.29. The van der Waals surface area contributed by atoms with Crippen molar-refractivity contribution in [2.24, 2.45) is 17.2 Å². The lowest BCUT2D eigenvalue weighted by atomic mass is 9.78. The van der Waals surface area contributed by atoms with Crippen LogP contribution in [0.4, 0.5) is 0 Å². The number of hydrogen-bond donors (Lipinski definition) is 2. The molecule has 0 spiro atoms. The van der Waals surface area contributed by atoms with Crippen molar-refractivity contribution in [3.05, 3.63) is 0 Å². The summed E-state index contributed by atoms with van der Waals surface area (Å²) in [5.74, 6) is 6.21. The molecule has 0 radical (unpaired) electrons. The van der Waals surface area contributed by atoms with Gasteiger partial charge in [-0.05, 0) is 24.2 Å². The molecule has 0 amide bonds. The molecule has 3 N–H and O–H groups in total. The van der Waals surface area contributed by atoms with Crippen molar-refractivity contribution in [2.45, 2.75) is 59.9 Å². The summed E-state index contributed by atoms with van der Waals surface area (Å²) in [5, 5.41) is 0. The first-order chi connectivity index (χ1) is 5.91. The minimum Gasteiger partial charge on any atom is -0.271 e. The molecule has 2 heteroatoms. The van der Waals surface area contributed by atoms with Gasteiger partial charge in [0.25, 0.3) is 0 Å². The van der Waals surface area contributed by atoms with E-state index in [0.29, 0.717) is 17.4 Å². The van der Waals surface area contributed by atoms with Crippen LogP contribution in [0, 0.1) is 11.3 Å². The maximum atomic E-state index is 5.50. The summed E-state index contributed by atoms with van der Waals surface area (Å²) < 4.78 is 0. The van der Waals surface area contributed by atoms with E-state index in [1.54, 1.807) is 0 Å². The van der Waals surface area contributed by atoms with Gasteiger partial charge in [-0.15, -0.1) is 0 Å². The molecule has 0 aromatic heterocycles. The van der Waals surface area contributed by atoms with Crippen LogP contribution in [0.3, 0.4) is 0 Å². The first kappa shape index (κ1) is 12.9. The monoisotopic (exact) mass is 186 g/mol. The summed E-state index contributed by atoms with van der Waals surface area (Å²) in [6, 6.07) is 0.485. The van der Waals surface area contributed by atoms with Crippen LogP contribution in [0.15, 0.2) is 0 Å². The summed E-state index contributed by atoms with van der Waals surface area (Å²) in [7, 11) is 0.